The molecule has 5 heteroatoms. The lowest BCUT2D eigenvalue weighted by molar-refractivity contribution is 0.0595. The third-order valence-electron chi connectivity index (χ3n) is 3.54. The Morgan fingerprint density at radius 1 is 1.00 bits per heavy atom. The van der Waals surface area contributed by atoms with Crippen LogP contribution in [0.4, 0.5) is 0 Å². The zero-order valence-electron chi connectivity index (χ0n) is 12.9. The summed E-state index contributed by atoms with van der Waals surface area (Å²) in [5, 5.41) is 2.10. The lowest BCUT2D eigenvalue weighted by Crippen LogP contribution is -2.05. The van der Waals surface area contributed by atoms with Crippen LogP contribution in [0.2, 0.25) is 0 Å². The highest BCUT2D eigenvalue weighted by atomic mass is 16.5. The molecule has 0 spiro atoms. The van der Waals surface area contributed by atoms with Crippen LogP contribution in [0.3, 0.4) is 0 Å². The van der Waals surface area contributed by atoms with Gasteiger partial charge in [-0.2, -0.15) is 0 Å². The van der Waals surface area contributed by atoms with Gasteiger partial charge in [0.25, 0.3) is 0 Å². The van der Waals surface area contributed by atoms with Crippen LogP contribution < -0.4 is 9.47 Å². The van der Waals surface area contributed by atoms with Crippen LogP contribution in [-0.4, -0.2) is 20.2 Å². The number of benzene rings is 2. The second-order valence-corrected chi connectivity index (χ2v) is 4.91. The summed E-state index contributed by atoms with van der Waals surface area (Å²) in [4.78, 5) is 11.6. The SMILES string of the molecule is COC(=O)c1ccoc1COc1ccc2ccc(OC)cc2c1. The Balaban J connectivity index is 1.79. The number of carbonyl (C=O) groups is 1. The van der Waals surface area contributed by atoms with Gasteiger partial charge < -0.3 is 18.6 Å². The molecular weight excluding hydrogens is 296 g/mol. The lowest BCUT2D eigenvalue weighted by atomic mass is 10.1. The molecule has 1 aromatic heterocycles. The molecule has 0 aliphatic heterocycles. The first-order valence-electron chi connectivity index (χ1n) is 7.06. The van der Waals surface area contributed by atoms with Gasteiger partial charge >= 0.3 is 5.97 Å². The van der Waals surface area contributed by atoms with E-state index >= 15 is 0 Å². The molecule has 3 aromatic rings. The fraction of sp³-hybridized carbons (Fsp3) is 0.167. The van der Waals surface area contributed by atoms with E-state index in [0.717, 1.165) is 16.5 Å². The number of hydrogen-bond acceptors (Lipinski definition) is 5. The summed E-state index contributed by atoms with van der Waals surface area (Å²) in [5.41, 5.74) is 0.370. The Labute approximate surface area is 133 Å². The van der Waals surface area contributed by atoms with Crippen molar-refractivity contribution in [2.24, 2.45) is 0 Å². The van der Waals surface area contributed by atoms with E-state index in [1.165, 1.54) is 13.4 Å². The first-order chi connectivity index (χ1) is 11.2. The predicted molar refractivity (Wildman–Crippen MR) is 84.9 cm³/mol. The van der Waals surface area contributed by atoms with Crippen molar-refractivity contribution in [2.75, 3.05) is 14.2 Å². The number of carbonyl (C=O) groups excluding carboxylic acids is 1. The first-order valence-corrected chi connectivity index (χ1v) is 7.06. The summed E-state index contributed by atoms with van der Waals surface area (Å²) in [6, 6.07) is 13.2. The highest BCUT2D eigenvalue weighted by molar-refractivity contribution is 5.90. The number of rotatable bonds is 5. The molecule has 0 N–H and O–H groups in total. The highest BCUT2D eigenvalue weighted by Gasteiger charge is 2.15. The Morgan fingerprint density at radius 3 is 2.48 bits per heavy atom. The molecule has 0 bridgehead atoms. The van der Waals surface area contributed by atoms with Gasteiger partial charge in [-0.15, -0.1) is 0 Å². The molecule has 23 heavy (non-hydrogen) atoms. The summed E-state index contributed by atoms with van der Waals surface area (Å²) in [6.07, 6.45) is 1.44. The minimum Gasteiger partial charge on any atom is -0.497 e. The van der Waals surface area contributed by atoms with Crippen LogP contribution in [0.25, 0.3) is 10.8 Å². The molecule has 0 radical (unpaired) electrons. The Morgan fingerprint density at radius 2 is 1.74 bits per heavy atom. The van der Waals surface area contributed by atoms with E-state index in [9.17, 15) is 4.79 Å². The number of hydrogen-bond donors (Lipinski definition) is 0. The van der Waals surface area contributed by atoms with Crippen molar-refractivity contribution < 1.29 is 23.4 Å². The molecule has 118 valence electrons. The molecule has 0 aliphatic carbocycles. The summed E-state index contributed by atoms with van der Waals surface area (Å²) in [7, 11) is 2.96. The van der Waals surface area contributed by atoms with Crippen molar-refractivity contribution in [3.63, 3.8) is 0 Å². The van der Waals surface area contributed by atoms with Crippen LogP contribution in [0.5, 0.6) is 11.5 Å². The zero-order chi connectivity index (χ0) is 16.2. The number of ether oxygens (including phenoxy) is 3. The van der Waals surface area contributed by atoms with Crippen molar-refractivity contribution in [2.45, 2.75) is 6.61 Å². The topological polar surface area (TPSA) is 57.9 Å². The molecule has 0 atom stereocenters. The molecule has 0 fully saturated rings. The minimum atomic E-state index is -0.444. The van der Waals surface area contributed by atoms with E-state index in [0.29, 0.717) is 17.1 Å². The highest BCUT2D eigenvalue weighted by Crippen LogP contribution is 2.25. The van der Waals surface area contributed by atoms with Crippen LogP contribution in [-0.2, 0) is 11.3 Å². The molecule has 0 unspecified atom stereocenters. The lowest BCUT2D eigenvalue weighted by Gasteiger charge is -2.08. The quantitative estimate of drug-likeness (QED) is 0.671. The smallest absolute Gasteiger partial charge is 0.341 e. The van der Waals surface area contributed by atoms with Gasteiger partial charge in [-0.1, -0.05) is 12.1 Å². The molecule has 0 aliphatic rings. The number of methoxy groups -OCH3 is 2. The summed E-state index contributed by atoms with van der Waals surface area (Å²) in [5.74, 6) is 1.45. The molecule has 0 saturated carbocycles. The number of esters is 1. The van der Waals surface area contributed by atoms with Crippen molar-refractivity contribution in [1.29, 1.82) is 0 Å². The van der Waals surface area contributed by atoms with Crippen LogP contribution in [0.15, 0.2) is 53.1 Å². The third kappa shape index (κ3) is 3.13. The second kappa shape index (κ2) is 6.44. The standard InChI is InChI=1S/C18H16O5/c1-20-14-5-3-12-4-6-15(10-13(12)9-14)23-11-17-16(7-8-22-17)18(19)21-2/h3-10H,11H2,1-2H3. The van der Waals surface area contributed by atoms with E-state index in [1.54, 1.807) is 13.2 Å². The average Bonchev–Trinajstić information content (AvgIpc) is 3.07. The Hall–Kier alpha value is -2.95. The number of furan rings is 1. The summed E-state index contributed by atoms with van der Waals surface area (Å²) >= 11 is 0. The van der Waals surface area contributed by atoms with Gasteiger partial charge in [0.15, 0.2) is 5.76 Å². The van der Waals surface area contributed by atoms with Gasteiger partial charge in [-0.05, 0) is 41.1 Å². The van der Waals surface area contributed by atoms with Crippen molar-refractivity contribution in [1.82, 2.24) is 0 Å². The van der Waals surface area contributed by atoms with E-state index in [2.05, 4.69) is 0 Å². The van der Waals surface area contributed by atoms with Crippen molar-refractivity contribution in [3.05, 3.63) is 60.1 Å². The molecule has 0 saturated heterocycles. The fourth-order valence-corrected chi connectivity index (χ4v) is 2.31. The largest absolute Gasteiger partial charge is 0.497 e. The van der Waals surface area contributed by atoms with Gasteiger partial charge in [-0.25, -0.2) is 4.79 Å². The van der Waals surface area contributed by atoms with Gasteiger partial charge in [0.05, 0.1) is 20.5 Å². The van der Waals surface area contributed by atoms with Crippen LogP contribution >= 0.6 is 0 Å². The van der Waals surface area contributed by atoms with Gasteiger partial charge in [-0.3, -0.25) is 0 Å². The maximum Gasteiger partial charge on any atom is 0.341 e. The minimum absolute atomic E-state index is 0.146. The average molecular weight is 312 g/mol. The number of fused-ring (bicyclic) bond motifs is 1. The van der Waals surface area contributed by atoms with E-state index < -0.39 is 5.97 Å². The molecule has 5 nitrogen and oxygen atoms in total. The fourth-order valence-electron chi connectivity index (χ4n) is 2.31. The van der Waals surface area contributed by atoms with Gasteiger partial charge in [0.2, 0.25) is 0 Å². The van der Waals surface area contributed by atoms with Crippen molar-refractivity contribution >= 4 is 16.7 Å². The molecule has 0 amide bonds. The molecule has 3 rings (SSSR count). The predicted octanol–water partition coefficient (Wildman–Crippen LogP) is 3.81. The zero-order valence-corrected chi connectivity index (χ0v) is 12.9. The maximum atomic E-state index is 11.6. The first kappa shape index (κ1) is 15.0. The molecular formula is C18H16O5. The van der Waals surface area contributed by atoms with Crippen molar-refractivity contribution in [3.8, 4) is 11.5 Å². The summed E-state index contributed by atoms with van der Waals surface area (Å²) in [6.45, 7) is 0.146. The van der Waals surface area contributed by atoms with Gasteiger partial charge in [0.1, 0.15) is 23.7 Å². The monoisotopic (exact) mass is 312 g/mol. The maximum absolute atomic E-state index is 11.6. The summed E-state index contributed by atoms with van der Waals surface area (Å²) < 4.78 is 20.9. The van der Waals surface area contributed by atoms with E-state index in [4.69, 9.17) is 18.6 Å². The third-order valence-corrected chi connectivity index (χ3v) is 3.54. The van der Waals surface area contributed by atoms with Gasteiger partial charge in [0, 0.05) is 0 Å². The molecule has 2 aromatic carbocycles. The van der Waals surface area contributed by atoms with Crippen LogP contribution in [0, 0.1) is 0 Å². The second-order valence-electron chi connectivity index (χ2n) is 4.91. The normalized spacial score (nSPS) is 10.5. The van der Waals surface area contributed by atoms with E-state index in [1.807, 2.05) is 36.4 Å². The van der Waals surface area contributed by atoms with Crippen LogP contribution in [0.1, 0.15) is 16.1 Å². The Kier molecular flexibility index (Phi) is 4.19. The Bertz CT molecular complexity index is 834. The molecule has 1 heterocycles. The van der Waals surface area contributed by atoms with E-state index in [-0.39, 0.29) is 6.61 Å².